The van der Waals surface area contributed by atoms with E-state index in [1.165, 1.54) is 0 Å². The monoisotopic (exact) mass is 342 g/mol. The van der Waals surface area contributed by atoms with E-state index in [0.29, 0.717) is 23.5 Å². The molecule has 1 aromatic carbocycles. The summed E-state index contributed by atoms with van der Waals surface area (Å²) in [5, 5.41) is 8.80. The molecule has 1 fully saturated rings. The predicted octanol–water partition coefficient (Wildman–Crippen LogP) is 2.97. The molecule has 1 aromatic rings. The van der Waals surface area contributed by atoms with Gasteiger partial charge in [-0.25, -0.2) is 4.79 Å². The molecule has 6 heteroatoms. The maximum Gasteiger partial charge on any atom is 0.513 e. The minimum absolute atomic E-state index is 0.0996. The number of hydrogen-bond acceptors (Lipinski definition) is 4. The van der Waals surface area contributed by atoms with Gasteiger partial charge in [-0.05, 0) is 6.92 Å². The van der Waals surface area contributed by atoms with Crippen LogP contribution in [0.5, 0.6) is 0 Å². The second kappa shape index (κ2) is 5.67. The van der Waals surface area contributed by atoms with E-state index in [2.05, 4.69) is 4.74 Å². The Morgan fingerprint density at radius 1 is 1.20 bits per heavy atom. The molecule has 1 N–H and O–H groups in total. The summed E-state index contributed by atoms with van der Waals surface area (Å²) < 4.78 is 4.65. The normalized spacial score (nSPS) is 30.3. The molecule has 0 aliphatic carbocycles. The fourth-order valence-corrected chi connectivity index (χ4v) is 4.01. The highest BCUT2D eigenvalue weighted by Crippen LogP contribution is 2.53. The first-order chi connectivity index (χ1) is 11.7. The maximum absolute atomic E-state index is 12.9. The van der Waals surface area contributed by atoms with Gasteiger partial charge in [0, 0.05) is 23.6 Å². The first-order valence-corrected chi connectivity index (χ1v) is 8.05. The van der Waals surface area contributed by atoms with Crippen LogP contribution in [0.25, 0.3) is 0 Å². The lowest BCUT2D eigenvalue weighted by molar-refractivity contribution is -0.819. The van der Waals surface area contributed by atoms with Gasteiger partial charge in [-0.3, -0.25) is 14.1 Å². The number of rotatable bonds is 3. The number of ketones is 1. The SMILES string of the molecule is CC1C[N+]2(C)C(C(=O)c3ccccc3)=CC=C2C1(C)C(=O)OC(=O)O. The van der Waals surface area contributed by atoms with Crippen LogP contribution in [0.2, 0.25) is 0 Å². The largest absolute Gasteiger partial charge is 0.513 e. The Balaban J connectivity index is 1.96. The zero-order valence-electron chi connectivity index (χ0n) is 14.4. The minimum Gasteiger partial charge on any atom is -0.449 e. The minimum atomic E-state index is -1.62. The zero-order valence-corrected chi connectivity index (χ0v) is 14.4. The molecule has 3 rings (SSSR count). The molecule has 6 nitrogen and oxygen atoms in total. The quantitative estimate of drug-likeness (QED) is 0.395. The lowest BCUT2D eigenvalue weighted by Gasteiger charge is -2.30. The summed E-state index contributed by atoms with van der Waals surface area (Å²) in [4.78, 5) is 36.2. The van der Waals surface area contributed by atoms with Gasteiger partial charge in [0.15, 0.2) is 5.70 Å². The number of nitrogens with zero attached hydrogens (tertiary/aromatic N) is 1. The number of allylic oxidation sites excluding steroid dienone is 3. The van der Waals surface area contributed by atoms with Gasteiger partial charge in [0.05, 0.1) is 13.6 Å². The molecule has 2 aliphatic rings. The van der Waals surface area contributed by atoms with Crippen LogP contribution in [0.4, 0.5) is 4.79 Å². The molecule has 0 radical (unpaired) electrons. The van der Waals surface area contributed by atoms with Crippen molar-refractivity contribution in [3.05, 3.63) is 59.4 Å². The lowest BCUT2D eigenvalue weighted by Crippen LogP contribution is -2.42. The Bertz CT molecular complexity index is 825. The lowest BCUT2D eigenvalue weighted by atomic mass is 9.78. The average molecular weight is 342 g/mol. The summed E-state index contributed by atoms with van der Waals surface area (Å²) in [5.74, 6) is -1.08. The molecule has 0 amide bonds. The predicted molar refractivity (Wildman–Crippen MR) is 89.4 cm³/mol. The molecule has 2 aliphatic heterocycles. The van der Waals surface area contributed by atoms with Crippen LogP contribution >= 0.6 is 0 Å². The molecule has 130 valence electrons. The van der Waals surface area contributed by atoms with Crippen LogP contribution in [0.3, 0.4) is 0 Å². The summed E-state index contributed by atoms with van der Waals surface area (Å²) in [6, 6.07) is 8.96. The highest BCUT2D eigenvalue weighted by Gasteiger charge is 2.63. The van der Waals surface area contributed by atoms with Crippen molar-refractivity contribution in [3.63, 3.8) is 0 Å². The van der Waals surface area contributed by atoms with E-state index in [4.69, 9.17) is 5.11 Å². The van der Waals surface area contributed by atoms with E-state index in [-0.39, 0.29) is 16.2 Å². The zero-order chi connectivity index (χ0) is 18.4. The van der Waals surface area contributed by atoms with Crippen LogP contribution in [0.1, 0.15) is 24.2 Å². The van der Waals surface area contributed by atoms with Gasteiger partial charge in [0.1, 0.15) is 11.1 Å². The fourth-order valence-electron chi connectivity index (χ4n) is 4.01. The average Bonchev–Trinajstić information content (AvgIpc) is 2.99. The number of quaternary nitrogens is 1. The van der Waals surface area contributed by atoms with Crippen molar-refractivity contribution >= 4 is 17.9 Å². The molecule has 0 bridgehead atoms. The number of Topliss-reactive ketones (excluding diaryl/α,β-unsaturated/α-hetero) is 1. The number of carbonyl (C=O) groups excluding carboxylic acids is 2. The third kappa shape index (κ3) is 2.41. The van der Waals surface area contributed by atoms with Crippen molar-refractivity contribution in [2.24, 2.45) is 11.3 Å². The fraction of sp³-hybridized carbons (Fsp3) is 0.316. The molecule has 1 saturated heterocycles. The van der Waals surface area contributed by atoms with Crippen LogP contribution in [-0.2, 0) is 9.53 Å². The van der Waals surface area contributed by atoms with Crippen LogP contribution < -0.4 is 0 Å². The molecular weight excluding hydrogens is 322 g/mol. The molecule has 3 unspecified atom stereocenters. The van der Waals surface area contributed by atoms with E-state index in [9.17, 15) is 14.4 Å². The van der Waals surface area contributed by atoms with Gasteiger partial charge in [0.25, 0.3) is 0 Å². The first kappa shape index (κ1) is 17.1. The number of carbonyl (C=O) groups is 3. The molecular formula is C19H20NO5+. The van der Waals surface area contributed by atoms with Crippen molar-refractivity contribution in [1.82, 2.24) is 0 Å². The summed E-state index contributed by atoms with van der Waals surface area (Å²) in [6.45, 7) is 4.07. The number of fused-ring (bicyclic) bond motifs is 1. The Morgan fingerprint density at radius 3 is 2.44 bits per heavy atom. The second-order valence-electron chi connectivity index (χ2n) is 6.93. The number of likely N-dealkylation sites (N-methyl/N-ethyl adjacent to an activating group) is 1. The summed E-state index contributed by atoms with van der Waals surface area (Å²) >= 11 is 0. The van der Waals surface area contributed by atoms with Crippen molar-refractivity contribution in [1.29, 1.82) is 0 Å². The number of hydrogen-bond donors (Lipinski definition) is 1. The maximum atomic E-state index is 12.9. The second-order valence-corrected chi connectivity index (χ2v) is 6.93. The van der Waals surface area contributed by atoms with Gasteiger partial charge in [-0.15, -0.1) is 0 Å². The van der Waals surface area contributed by atoms with Crippen molar-refractivity contribution in [2.45, 2.75) is 13.8 Å². The van der Waals surface area contributed by atoms with Gasteiger partial charge < -0.3 is 9.84 Å². The molecule has 0 saturated carbocycles. The van der Waals surface area contributed by atoms with Gasteiger partial charge in [0.2, 0.25) is 5.78 Å². The van der Waals surface area contributed by atoms with E-state index < -0.39 is 17.5 Å². The standard InChI is InChI=1S/C19H19NO5/c1-12-11-20(3)14(16(21)13-7-5-4-6-8-13)9-10-15(20)19(12,2)17(22)25-18(23)24/h4-10,12H,11H2,1-3H3/p+1. The van der Waals surface area contributed by atoms with Crippen LogP contribution in [-0.4, -0.2) is 41.1 Å². The van der Waals surface area contributed by atoms with Crippen LogP contribution in [0.15, 0.2) is 53.9 Å². The Hall–Kier alpha value is -2.73. The molecule has 0 spiro atoms. The van der Waals surface area contributed by atoms with E-state index in [1.807, 2.05) is 20.0 Å². The highest BCUT2D eigenvalue weighted by atomic mass is 16.7. The van der Waals surface area contributed by atoms with Crippen molar-refractivity contribution in [3.8, 4) is 0 Å². The number of esters is 1. The van der Waals surface area contributed by atoms with E-state index in [0.717, 1.165) is 0 Å². The molecule has 2 heterocycles. The van der Waals surface area contributed by atoms with E-state index in [1.54, 1.807) is 43.3 Å². The van der Waals surface area contributed by atoms with Crippen LogP contribution in [0, 0.1) is 11.3 Å². The van der Waals surface area contributed by atoms with Crippen molar-refractivity contribution in [2.75, 3.05) is 13.6 Å². The van der Waals surface area contributed by atoms with Gasteiger partial charge in [-0.1, -0.05) is 37.3 Å². The Morgan fingerprint density at radius 2 is 1.84 bits per heavy atom. The Labute approximate surface area is 145 Å². The first-order valence-electron chi connectivity index (χ1n) is 8.05. The van der Waals surface area contributed by atoms with E-state index >= 15 is 0 Å². The third-order valence-electron chi connectivity index (χ3n) is 5.49. The number of ether oxygens (including phenoxy) is 1. The van der Waals surface area contributed by atoms with Gasteiger partial charge >= 0.3 is 12.1 Å². The summed E-state index contributed by atoms with van der Waals surface area (Å²) in [6.07, 6.45) is 1.86. The summed E-state index contributed by atoms with van der Waals surface area (Å²) in [5.41, 5.74) is 0.741. The number of benzene rings is 1. The van der Waals surface area contributed by atoms with Crippen molar-refractivity contribution < 1.29 is 28.7 Å². The molecule has 3 atom stereocenters. The topological polar surface area (TPSA) is 80.7 Å². The third-order valence-corrected chi connectivity index (χ3v) is 5.49. The van der Waals surface area contributed by atoms with Gasteiger partial charge in [-0.2, -0.15) is 0 Å². The highest BCUT2D eigenvalue weighted by molar-refractivity contribution is 6.08. The smallest absolute Gasteiger partial charge is 0.449 e. The molecule has 0 aromatic heterocycles. The molecule has 25 heavy (non-hydrogen) atoms. The number of carboxylic acid groups (broad SMARTS) is 1. The Kier molecular flexibility index (Phi) is 3.88. The summed E-state index contributed by atoms with van der Waals surface area (Å²) in [7, 11) is 1.88.